The van der Waals surface area contributed by atoms with Gasteiger partial charge in [0, 0.05) is 26.4 Å². The van der Waals surface area contributed by atoms with Gasteiger partial charge in [0.25, 0.3) is 0 Å². The first-order valence-corrected chi connectivity index (χ1v) is 8.27. The van der Waals surface area contributed by atoms with Gasteiger partial charge in [-0.2, -0.15) is 5.26 Å². The van der Waals surface area contributed by atoms with Crippen LogP contribution in [0.4, 0.5) is 0 Å². The Morgan fingerprint density at radius 2 is 2.17 bits per heavy atom. The molecule has 2 fully saturated rings. The lowest BCUT2D eigenvalue weighted by Crippen LogP contribution is -2.41. The van der Waals surface area contributed by atoms with E-state index >= 15 is 0 Å². The van der Waals surface area contributed by atoms with E-state index in [1.54, 1.807) is 0 Å². The summed E-state index contributed by atoms with van der Waals surface area (Å²) in [5.74, 6) is 0.0961. The molecule has 2 aliphatic heterocycles. The molecule has 6 nitrogen and oxygen atoms in total. The zero-order valence-electron chi connectivity index (χ0n) is 13.6. The second-order valence-corrected chi connectivity index (χ2v) is 6.70. The zero-order chi connectivity index (χ0) is 16.4. The van der Waals surface area contributed by atoms with Crippen LogP contribution in [-0.4, -0.2) is 41.2 Å². The van der Waals surface area contributed by atoms with E-state index in [-0.39, 0.29) is 17.9 Å². The zero-order valence-corrected chi connectivity index (χ0v) is 13.6. The highest BCUT2D eigenvalue weighted by atomic mass is 16.5. The number of primary amides is 1. The molecule has 0 aliphatic carbocycles. The minimum atomic E-state index is -0.219. The van der Waals surface area contributed by atoms with Crippen molar-refractivity contribution >= 4 is 5.91 Å². The van der Waals surface area contributed by atoms with E-state index in [0.717, 1.165) is 38.9 Å². The number of aromatic nitrogens is 1. The van der Waals surface area contributed by atoms with E-state index in [2.05, 4.69) is 11.0 Å². The van der Waals surface area contributed by atoms with Crippen LogP contribution >= 0.6 is 0 Å². The number of nitrogens with two attached hydrogens (primary N) is 1. The van der Waals surface area contributed by atoms with Crippen molar-refractivity contribution in [1.29, 1.82) is 5.26 Å². The smallest absolute Gasteiger partial charge is 0.223 e. The molecule has 0 spiro atoms. The minimum Gasteiger partial charge on any atom is -0.377 e. The van der Waals surface area contributed by atoms with E-state index in [9.17, 15) is 4.79 Å². The normalized spacial score (nSPS) is 26.3. The van der Waals surface area contributed by atoms with Crippen molar-refractivity contribution in [2.24, 2.45) is 24.6 Å². The minimum absolute atomic E-state index is 0.0107. The first-order valence-electron chi connectivity index (χ1n) is 8.27. The number of ether oxygens (including phenoxy) is 1. The summed E-state index contributed by atoms with van der Waals surface area (Å²) in [7, 11) is 1.90. The number of carbonyl (C=O) groups excluding carboxylic acids is 1. The maximum Gasteiger partial charge on any atom is 0.223 e. The van der Waals surface area contributed by atoms with Crippen LogP contribution in [0.5, 0.6) is 0 Å². The standard InChI is InChI=1S/C17H24N4O2/c1-20-10-12(8-14(20)9-18)11-21-5-2-13(3-6-21)16-15(17(19)22)4-7-23-16/h8,10,13,15-16H,2-7,11H2,1H3,(H2,19,22)/t15-,16+/m0/s1. The quantitative estimate of drug-likeness (QED) is 0.898. The third-order valence-electron chi connectivity index (χ3n) is 5.18. The predicted octanol–water partition coefficient (Wildman–Crippen LogP) is 0.999. The number of likely N-dealkylation sites (tertiary alicyclic amines) is 1. The molecule has 1 aromatic heterocycles. The number of piperidine rings is 1. The summed E-state index contributed by atoms with van der Waals surface area (Å²) in [5.41, 5.74) is 7.36. The lowest BCUT2D eigenvalue weighted by Gasteiger charge is -2.35. The third kappa shape index (κ3) is 3.41. The molecule has 124 valence electrons. The number of nitrogens with zero attached hydrogens (tertiary/aromatic N) is 3. The Labute approximate surface area is 136 Å². The predicted molar refractivity (Wildman–Crippen MR) is 85.2 cm³/mol. The van der Waals surface area contributed by atoms with Crippen molar-refractivity contribution in [3.05, 3.63) is 23.5 Å². The summed E-state index contributed by atoms with van der Waals surface area (Å²) >= 11 is 0. The van der Waals surface area contributed by atoms with Gasteiger partial charge in [-0.05, 0) is 49.9 Å². The maximum absolute atomic E-state index is 11.5. The van der Waals surface area contributed by atoms with Gasteiger partial charge in [0.1, 0.15) is 11.8 Å². The SMILES string of the molecule is Cn1cc(CN2CCC([C@H]3OCC[C@@H]3C(N)=O)CC2)cc1C#N. The highest BCUT2D eigenvalue weighted by Crippen LogP contribution is 2.33. The molecule has 1 amide bonds. The Balaban J connectivity index is 1.54. The lowest BCUT2D eigenvalue weighted by atomic mass is 9.84. The average Bonchev–Trinajstić information content (AvgIpc) is 3.14. The van der Waals surface area contributed by atoms with Crippen LogP contribution in [0, 0.1) is 23.2 Å². The molecule has 1 aromatic rings. The number of nitriles is 1. The van der Waals surface area contributed by atoms with Crippen molar-refractivity contribution in [1.82, 2.24) is 9.47 Å². The van der Waals surface area contributed by atoms with E-state index < -0.39 is 0 Å². The monoisotopic (exact) mass is 316 g/mol. The van der Waals surface area contributed by atoms with Crippen LogP contribution in [0.25, 0.3) is 0 Å². The summed E-state index contributed by atoms with van der Waals surface area (Å²) in [6.45, 7) is 3.51. The van der Waals surface area contributed by atoms with Crippen LogP contribution in [0.15, 0.2) is 12.3 Å². The van der Waals surface area contributed by atoms with Gasteiger partial charge in [-0.1, -0.05) is 0 Å². The molecule has 3 heterocycles. The summed E-state index contributed by atoms with van der Waals surface area (Å²) < 4.78 is 7.66. The Kier molecular flexibility index (Phi) is 4.69. The maximum atomic E-state index is 11.5. The van der Waals surface area contributed by atoms with Gasteiger partial charge >= 0.3 is 0 Å². The Bertz CT molecular complexity index is 611. The molecule has 2 saturated heterocycles. The number of carbonyl (C=O) groups is 1. The molecule has 0 aromatic carbocycles. The van der Waals surface area contributed by atoms with Crippen molar-refractivity contribution in [2.45, 2.75) is 31.9 Å². The fraction of sp³-hybridized carbons (Fsp3) is 0.647. The molecule has 2 aliphatic rings. The van der Waals surface area contributed by atoms with Crippen molar-refractivity contribution in [3.8, 4) is 6.07 Å². The first kappa shape index (κ1) is 16.0. The second-order valence-electron chi connectivity index (χ2n) is 6.70. The fourth-order valence-corrected chi connectivity index (χ4v) is 3.91. The van der Waals surface area contributed by atoms with Crippen LogP contribution < -0.4 is 5.73 Å². The Morgan fingerprint density at radius 3 is 2.78 bits per heavy atom. The summed E-state index contributed by atoms with van der Waals surface area (Å²) in [4.78, 5) is 13.9. The van der Waals surface area contributed by atoms with Gasteiger partial charge in [-0.15, -0.1) is 0 Å². The Hall–Kier alpha value is -1.84. The number of aryl methyl sites for hydroxylation is 1. The lowest BCUT2D eigenvalue weighted by molar-refractivity contribution is -0.124. The van der Waals surface area contributed by atoms with Gasteiger partial charge in [-0.3, -0.25) is 9.69 Å². The molecule has 23 heavy (non-hydrogen) atoms. The van der Waals surface area contributed by atoms with E-state index in [1.807, 2.05) is 23.9 Å². The van der Waals surface area contributed by atoms with Gasteiger partial charge in [0.2, 0.25) is 5.91 Å². The molecule has 0 bridgehead atoms. The highest BCUT2D eigenvalue weighted by molar-refractivity contribution is 5.77. The van der Waals surface area contributed by atoms with Gasteiger partial charge in [-0.25, -0.2) is 0 Å². The van der Waals surface area contributed by atoms with Crippen molar-refractivity contribution < 1.29 is 9.53 Å². The number of hydrogen-bond donors (Lipinski definition) is 1. The van der Waals surface area contributed by atoms with Crippen LogP contribution in [0.2, 0.25) is 0 Å². The van der Waals surface area contributed by atoms with E-state index in [4.69, 9.17) is 15.7 Å². The molecule has 3 rings (SSSR count). The summed E-state index contributed by atoms with van der Waals surface area (Å²) in [6.07, 6.45) is 4.87. The number of amides is 1. The van der Waals surface area contributed by atoms with Gasteiger partial charge in [0.05, 0.1) is 12.0 Å². The van der Waals surface area contributed by atoms with Crippen molar-refractivity contribution in [2.75, 3.05) is 19.7 Å². The first-order chi connectivity index (χ1) is 11.1. The highest BCUT2D eigenvalue weighted by Gasteiger charge is 2.39. The van der Waals surface area contributed by atoms with Crippen LogP contribution in [-0.2, 0) is 23.1 Å². The van der Waals surface area contributed by atoms with Gasteiger partial charge < -0.3 is 15.0 Å². The summed E-state index contributed by atoms with van der Waals surface area (Å²) in [6, 6.07) is 4.15. The second kappa shape index (κ2) is 6.73. The molecule has 0 saturated carbocycles. The molecule has 6 heteroatoms. The van der Waals surface area contributed by atoms with Gasteiger partial charge in [0.15, 0.2) is 0 Å². The Morgan fingerprint density at radius 1 is 1.43 bits per heavy atom. The number of hydrogen-bond acceptors (Lipinski definition) is 4. The molecular weight excluding hydrogens is 292 g/mol. The third-order valence-corrected chi connectivity index (χ3v) is 5.18. The van der Waals surface area contributed by atoms with Crippen LogP contribution in [0.3, 0.4) is 0 Å². The average molecular weight is 316 g/mol. The molecule has 2 atom stereocenters. The largest absolute Gasteiger partial charge is 0.377 e. The van der Waals surface area contributed by atoms with E-state index in [0.29, 0.717) is 18.2 Å². The summed E-state index contributed by atoms with van der Waals surface area (Å²) in [5, 5.41) is 9.03. The fourth-order valence-electron chi connectivity index (χ4n) is 3.91. The van der Waals surface area contributed by atoms with Crippen LogP contribution in [0.1, 0.15) is 30.5 Å². The molecule has 0 radical (unpaired) electrons. The number of rotatable bonds is 4. The van der Waals surface area contributed by atoms with Crippen molar-refractivity contribution in [3.63, 3.8) is 0 Å². The molecule has 0 unspecified atom stereocenters. The molecule has 2 N–H and O–H groups in total. The molecular formula is C17H24N4O2. The topological polar surface area (TPSA) is 84.3 Å². The van der Waals surface area contributed by atoms with E-state index in [1.165, 1.54) is 5.56 Å².